The van der Waals surface area contributed by atoms with Crippen molar-refractivity contribution >= 4 is 28.9 Å². The molecule has 1 aliphatic rings. The Bertz CT molecular complexity index is 1130. The summed E-state index contributed by atoms with van der Waals surface area (Å²) in [5, 5.41) is 1.14. The average molecular weight is 475 g/mol. The van der Waals surface area contributed by atoms with Crippen molar-refractivity contribution in [2.24, 2.45) is 5.92 Å². The molecule has 2 aromatic carbocycles. The third-order valence-corrected chi connectivity index (χ3v) is 6.62. The summed E-state index contributed by atoms with van der Waals surface area (Å²) in [5.74, 6) is 0.0483. The second-order valence-corrected chi connectivity index (χ2v) is 9.51. The first-order valence-electron chi connectivity index (χ1n) is 10.4. The molecule has 1 aliphatic heterocycles. The first-order chi connectivity index (χ1) is 15.3. The fourth-order valence-electron chi connectivity index (χ4n) is 3.64. The first-order valence-corrected chi connectivity index (χ1v) is 11.5. The van der Waals surface area contributed by atoms with Crippen LogP contribution >= 0.6 is 22.9 Å². The highest BCUT2D eigenvalue weighted by Gasteiger charge is 2.33. The number of hydrogen-bond acceptors (Lipinski definition) is 6. The largest absolute Gasteiger partial charge is 0.489 e. The Morgan fingerprint density at radius 1 is 1.28 bits per heavy atom. The molecule has 3 aromatic rings. The molecule has 0 amide bonds. The van der Waals surface area contributed by atoms with E-state index >= 15 is 0 Å². The van der Waals surface area contributed by atoms with Gasteiger partial charge in [-0.05, 0) is 55.3 Å². The molecule has 168 valence electrons. The molecule has 8 heteroatoms. The number of likely N-dealkylation sites (tertiary alicyclic amines) is 1. The fraction of sp³-hybridized carbons (Fsp3) is 0.333. The summed E-state index contributed by atoms with van der Waals surface area (Å²) in [4.78, 5) is 18.9. The number of ether oxygens (including phenoxy) is 2. The van der Waals surface area contributed by atoms with Gasteiger partial charge in [0, 0.05) is 31.4 Å². The SMILES string of the molecule is COC(=O)C1CN(Cc2ccc(-c3ncc(-c4ccc(OC(C)C)c(Cl)c4)s3)c(F)c2)C1. The summed E-state index contributed by atoms with van der Waals surface area (Å²) in [6.45, 7) is 5.76. The molecule has 0 spiro atoms. The van der Waals surface area contributed by atoms with E-state index in [1.807, 2.05) is 38.1 Å². The van der Waals surface area contributed by atoms with Crippen LogP contribution in [0.15, 0.2) is 42.6 Å². The maximum absolute atomic E-state index is 14.9. The zero-order chi connectivity index (χ0) is 22.8. The van der Waals surface area contributed by atoms with Gasteiger partial charge in [-0.2, -0.15) is 0 Å². The van der Waals surface area contributed by atoms with Gasteiger partial charge in [0.2, 0.25) is 0 Å². The number of rotatable bonds is 7. The smallest absolute Gasteiger partial charge is 0.311 e. The summed E-state index contributed by atoms with van der Waals surface area (Å²) in [6.07, 6.45) is 1.77. The molecule has 1 fully saturated rings. The number of benzene rings is 2. The maximum Gasteiger partial charge on any atom is 0.311 e. The molecule has 0 bridgehead atoms. The van der Waals surface area contributed by atoms with Crippen LogP contribution in [-0.2, 0) is 16.1 Å². The van der Waals surface area contributed by atoms with Gasteiger partial charge in [0.15, 0.2) is 0 Å². The second kappa shape index (κ2) is 9.57. The first kappa shape index (κ1) is 22.7. The van der Waals surface area contributed by atoms with E-state index in [1.54, 1.807) is 12.3 Å². The maximum atomic E-state index is 14.9. The molecule has 0 N–H and O–H groups in total. The normalized spacial score (nSPS) is 14.4. The van der Waals surface area contributed by atoms with Crippen LogP contribution in [-0.4, -0.2) is 42.2 Å². The molecule has 0 saturated carbocycles. The van der Waals surface area contributed by atoms with Crippen LogP contribution in [0.4, 0.5) is 4.39 Å². The number of carbonyl (C=O) groups is 1. The van der Waals surface area contributed by atoms with E-state index < -0.39 is 0 Å². The van der Waals surface area contributed by atoms with Gasteiger partial charge in [0.1, 0.15) is 16.6 Å². The number of methoxy groups -OCH3 is 1. The van der Waals surface area contributed by atoms with Crippen LogP contribution in [0.5, 0.6) is 5.75 Å². The molecule has 4 rings (SSSR count). The van der Waals surface area contributed by atoms with Gasteiger partial charge >= 0.3 is 5.97 Å². The van der Waals surface area contributed by atoms with Gasteiger partial charge in [0.25, 0.3) is 0 Å². The summed E-state index contributed by atoms with van der Waals surface area (Å²) in [5.41, 5.74) is 2.23. The van der Waals surface area contributed by atoms with Gasteiger partial charge < -0.3 is 9.47 Å². The number of nitrogens with zero attached hydrogens (tertiary/aromatic N) is 2. The topological polar surface area (TPSA) is 51.7 Å². The lowest BCUT2D eigenvalue weighted by Crippen LogP contribution is -2.49. The minimum absolute atomic E-state index is 0.0367. The fourth-order valence-corrected chi connectivity index (χ4v) is 4.80. The van der Waals surface area contributed by atoms with Crippen LogP contribution in [0.1, 0.15) is 19.4 Å². The Morgan fingerprint density at radius 3 is 2.72 bits per heavy atom. The minimum atomic E-state index is -0.313. The number of halogens is 2. The molecule has 1 saturated heterocycles. The van der Waals surface area contributed by atoms with Gasteiger partial charge in [-0.25, -0.2) is 9.37 Å². The number of aromatic nitrogens is 1. The minimum Gasteiger partial charge on any atom is -0.489 e. The van der Waals surface area contributed by atoms with E-state index in [0.29, 0.717) is 41.0 Å². The highest BCUT2D eigenvalue weighted by Crippen LogP contribution is 2.37. The van der Waals surface area contributed by atoms with Crippen LogP contribution in [0, 0.1) is 11.7 Å². The van der Waals surface area contributed by atoms with Crippen molar-refractivity contribution in [1.29, 1.82) is 0 Å². The molecule has 2 heterocycles. The highest BCUT2D eigenvalue weighted by atomic mass is 35.5. The molecule has 1 aromatic heterocycles. The summed E-state index contributed by atoms with van der Waals surface area (Å²) in [7, 11) is 1.40. The van der Waals surface area contributed by atoms with Crippen molar-refractivity contribution in [2.75, 3.05) is 20.2 Å². The zero-order valence-electron chi connectivity index (χ0n) is 18.1. The molecular weight excluding hydrogens is 451 g/mol. The molecule has 5 nitrogen and oxygen atoms in total. The Balaban J connectivity index is 1.45. The van der Waals surface area contributed by atoms with E-state index in [4.69, 9.17) is 21.1 Å². The Morgan fingerprint density at radius 2 is 2.06 bits per heavy atom. The van der Waals surface area contributed by atoms with E-state index in [2.05, 4.69) is 9.88 Å². The van der Waals surface area contributed by atoms with Gasteiger partial charge in [-0.3, -0.25) is 9.69 Å². The number of carbonyl (C=O) groups excluding carboxylic acids is 1. The Kier molecular flexibility index (Phi) is 6.79. The number of esters is 1. The van der Waals surface area contributed by atoms with E-state index in [0.717, 1.165) is 16.0 Å². The molecular formula is C24H24ClFN2O3S. The van der Waals surface area contributed by atoms with Crippen molar-refractivity contribution in [3.63, 3.8) is 0 Å². The average Bonchev–Trinajstić information content (AvgIpc) is 3.21. The monoisotopic (exact) mass is 474 g/mol. The quantitative estimate of drug-likeness (QED) is 0.413. The summed E-state index contributed by atoms with van der Waals surface area (Å²) in [6, 6.07) is 10.8. The third kappa shape index (κ3) is 4.95. The lowest BCUT2D eigenvalue weighted by molar-refractivity contribution is -0.151. The van der Waals surface area contributed by atoms with E-state index in [1.165, 1.54) is 24.5 Å². The Labute approximate surface area is 195 Å². The number of thiazole rings is 1. The molecule has 0 atom stereocenters. The number of hydrogen-bond donors (Lipinski definition) is 0. The summed E-state index contributed by atoms with van der Waals surface area (Å²) < 4.78 is 25.3. The van der Waals surface area contributed by atoms with Crippen molar-refractivity contribution in [3.8, 4) is 26.8 Å². The molecule has 0 aliphatic carbocycles. The van der Waals surface area contributed by atoms with Crippen LogP contribution in [0.25, 0.3) is 21.0 Å². The van der Waals surface area contributed by atoms with Crippen molar-refractivity contribution < 1.29 is 18.7 Å². The third-order valence-electron chi connectivity index (χ3n) is 5.25. The van der Waals surface area contributed by atoms with Gasteiger partial charge in [-0.15, -0.1) is 11.3 Å². The molecule has 32 heavy (non-hydrogen) atoms. The predicted molar refractivity (Wildman–Crippen MR) is 125 cm³/mol. The van der Waals surface area contributed by atoms with Crippen molar-refractivity contribution in [3.05, 3.63) is 59.0 Å². The molecule has 0 unspecified atom stereocenters. The highest BCUT2D eigenvalue weighted by molar-refractivity contribution is 7.18. The van der Waals surface area contributed by atoms with Gasteiger partial charge in [-0.1, -0.05) is 17.7 Å². The molecule has 0 radical (unpaired) electrons. The Hall–Kier alpha value is -2.48. The van der Waals surface area contributed by atoms with Crippen molar-refractivity contribution in [2.45, 2.75) is 26.5 Å². The zero-order valence-corrected chi connectivity index (χ0v) is 19.7. The lowest BCUT2D eigenvalue weighted by Gasteiger charge is -2.37. The standard InChI is InChI=1S/C24H24ClFN2O3S/c1-14(2)31-21-7-5-16(9-19(21)25)22-10-27-23(32-22)18-6-4-15(8-20(18)26)11-28-12-17(13-28)24(29)30-3/h4-10,14,17H,11-13H2,1-3H3. The lowest BCUT2D eigenvalue weighted by atomic mass is 9.99. The van der Waals surface area contributed by atoms with Crippen molar-refractivity contribution in [1.82, 2.24) is 9.88 Å². The van der Waals surface area contributed by atoms with Gasteiger partial charge in [0.05, 0.1) is 29.0 Å². The summed E-state index contributed by atoms with van der Waals surface area (Å²) >= 11 is 7.76. The van der Waals surface area contributed by atoms with Crippen LogP contribution in [0.2, 0.25) is 5.02 Å². The second-order valence-electron chi connectivity index (χ2n) is 8.07. The van der Waals surface area contributed by atoms with Crippen LogP contribution < -0.4 is 4.74 Å². The van der Waals surface area contributed by atoms with E-state index in [9.17, 15) is 9.18 Å². The predicted octanol–water partition coefficient (Wildman–Crippen LogP) is 5.66. The van der Waals surface area contributed by atoms with Crippen LogP contribution in [0.3, 0.4) is 0 Å². The van der Waals surface area contributed by atoms with E-state index in [-0.39, 0.29) is 23.8 Å².